The summed E-state index contributed by atoms with van der Waals surface area (Å²) in [7, 11) is -3.09. The van der Waals surface area contributed by atoms with Crippen molar-refractivity contribution in [3.05, 3.63) is 60.9 Å². The first-order chi connectivity index (χ1) is 14.3. The molecule has 3 rings (SSSR count). The largest absolute Gasteiger partial charge is 0.497 e. The van der Waals surface area contributed by atoms with E-state index in [1.807, 2.05) is 28.8 Å². The number of hydrogen-bond acceptors (Lipinski definition) is 6. The fourth-order valence-corrected chi connectivity index (χ4v) is 3.99. The Balaban J connectivity index is 1.61. The number of carbonyl (C=O) groups is 1. The molecule has 3 aromatic rings. The lowest BCUT2D eigenvalue weighted by Crippen LogP contribution is -2.15. The molecule has 0 aliphatic carbocycles. The van der Waals surface area contributed by atoms with Crippen LogP contribution in [0.3, 0.4) is 0 Å². The number of carbonyl (C=O) groups excluding carboxylic acids is 1. The van der Waals surface area contributed by atoms with Gasteiger partial charge in [-0.25, -0.2) is 13.4 Å². The monoisotopic (exact) mass is 453 g/mol. The summed E-state index contributed by atoms with van der Waals surface area (Å²) < 4.78 is 54.9. The van der Waals surface area contributed by atoms with Gasteiger partial charge in [0.05, 0.1) is 17.8 Å². The maximum Gasteiger partial charge on any atom is 0.341 e. The van der Waals surface area contributed by atoms with Crippen LogP contribution in [0.15, 0.2) is 71.0 Å². The lowest BCUT2D eigenvalue weighted by Gasteiger charge is -2.09. The number of anilines is 1. The third kappa shape index (κ3) is 4.97. The van der Waals surface area contributed by atoms with Crippen molar-refractivity contribution in [1.29, 1.82) is 0 Å². The Bertz CT molecular complexity index is 1120. The quantitative estimate of drug-likeness (QED) is 0.524. The third-order valence-corrected chi connectivity index (χ3v) is 6.36. The van der Waals surface area contributed by atoms with E-state index in [9.17, 15) is 22.0 Å². The molecule has 1 amide bonds. The average Bonchev–Trinajstić information content (AvgIpc) is 3.21. The Morgan fingerprint density at radius 1 is 1.17 bits per heavy atom. The van der Waals surface area contributed by atoms with Gasteiger partial charge in [-0.3, -0.25) is 9.36 Å². The summed E-state index contributed by atoms with van der Waals surface area (Å²) in [5, 5.41) is 3.20. The van der Waals surface area contributed by atoms with Crippen LogP contribution in [0.4, 0.5) is 14.5 Å². The van der Waals surface area contributed by atoms with Crippen LogP contribution >= 0.6 is 11.8 Å². The van der Waals surface area contributed by atoms with E-state index in [4.69, 9.17) is 4.74 Å². The number of nitrogens with one attached hydrogen (secondary N) is 1. The van der Waals surface area contributed by atoms with Gasteiger partial charge >= 0.3 is 5.76 Å². The van der Waals surface area contributed by atoms with Gasteiger partial charge in [-0.1, -0.05) is 11.8 Å². The van der Waals surface area contributed by atoms with Crippen molar-refractivity contribution in [2.45, 2.75) is 15.8 Å². The molecule has 1 aromatic heterocycles. The van der Waals surface area contributed by atoms with Gasteiger partial charge in [0, 0.05) is 23.8 Å². The molecule has 0 atom stereocenters. The molecule has 158 valence electrons. The van der Waals surface area contributed by atoms with Crippen LogP contribution in [0.5, 0.6) is 5.75 Å². The van der Waals surface area contributed by atoms with Crippen molar-refractivity contribution >= 4 is 33.2 Å². The molecule has 0 aliphatic rings. The second-order valence-corrected chi connectivity index (χ2v) is 8.81. The third-order valence-electron chi connectivity index (χ3n) is 3.99. The van der Waals surface area contributed by atoms with Gasteiger partial charge in [0.2, 0.25) is 15.7 Å². The summed E-state index contributed by atoms with van der Waals surface area (Å²) in [5.41, 5.74) is 1.15. The zero-order valence-electron chi connectivity index (χ0n) is 15.7. The number of hydrogen-bond donors (Lipinski definition) is 1. The first-order valence-corrected chi connectivity index (χ1v) is 11.1. The SMILES string of the molecule is COc1ccc(-n2ccnc2SCC(=O)Nc2ccc(S(=O)(=O)C(F)F)cc2)cc1. The van der Waals surface area contributed by atoms with Crippen LogP contribution in [0, 0.1) is 0 Å². The number of rotatable bonds is 8. The van der Waals surface area contributed by atoms with Crippen molar-refractivity contribution in [2.24, 2.45) is 0 Å². The maximum atomic E-state index is 12.6. The van der Waals surface area contributed by atoms with Gasteiger partial charge < -0.3 is 10.1 Å². The van der Waals surface area contributed by atoms with Gasteiger partial charge in [-0.2, -0.15) is 8.78 Å². The molecule has 1 heterocycles. The fraction of sp³-hybridized carbons (Fsp3) is 0.158. The summed E-state index contributed by atoms with van der Waals surface area (Å²) in [6, 6.07) is 11.9. The second kappa shape index (κ2) is 9.26. The number of nitrogens with zero attached hydrogens (tertiary/aromatic N) is 2. The molecular weight excluding hydrogens is 436 g/mol. The predicted octanol–water partition coefficient (Wildman–Crippen LogP) is 3.61. The van der Waals surface area contributed by atoms with E-state index in [2.05, 4.69) is 10.3 Å². The molecule has 0 spiro atoms. The molecular formula is C19H17F2N3O4S2. The van der Waals surface area contributed by atoms with Gasteiger partial charge in [-0.15, -0.1) is 0 Å². The molecule has 2 aromatic carbocycles. The Morgan fingerprint density at radius 3 is 2.43 bits per heavy atom. The van der Waals surface area contributed by atoms with Crippen LogP contribution in [0.1, 0.15) is 0 Å². The van der Waals surface area contributed by atoms with E-state index in [-0.39, 0.29) is 11.7 Å². The maximum absolute atomic E-state index is 12.6. The highest BCUT2D eigenvalue weighted by atomic mass is 32.2. The number of methoxy groups -OCH3 is 1. The smallest absolute Gasteiger partial charge is 0.341 e. The number of amides is 1. The van der Waals surface area contributed by atoms with Crippen LogP contribution in [0.2, 0.25) is 0 Å². The van der Waals surface area contributed by atoms with Crippen molar-refractivity contribution in [3.8, 4) is 11.4 Å². The second-order valence-electron chi connectivity index (χ2n) is 5.94. The number of ether oxygens (including phenoxy) is 1. The zero-order valence-corrected chi connectivity index (χ0v) is 17.3. The van der Waals surface area contributed by atoms with Crippen LogP contribution in [-0.4, -0.2) is 42.5 Å². The average molecular weight is 453 g/mol. The highest BCUT2D eigenvalue weighted by Crippen LogP contribution is 2.23. The molecule has 30 heavy (non-hydrogen) atoms. The standard InChI is InChI=1S/C19H17F2N3O4S2/c1-28-15-6-4-14(5-7-15)24-11-10-22-19(24)29-12-17(25)23-13-2-8-16(9-3-13)30(26,27)18(20)21/h2-11,18H,12H2,1H3,(H,23,25). The minimum atomic E-state index is -4.67. The first kappa shape index (κ1) is 21.8. The van der Waals surface area contributed by atoms with Crippen LogP contribution in [0.25, 0.3) is 5.69 Å². The van der Waals surface area contributed by atoms with E-state index in [1.165, 1.54) is 23.9 Å². The van der Waals surface area contributed by atoms with Crippen molar-refractivity contribution in [3.63, 3.8) is 0 Å². The molecule has 0 radical (unpaired) electrons. The molecule has 0 saturated carbocycles. The molecule has 7 nitrogen and oxygen atoms in total. The van der Waals surface area contributed by atoms with Crippen molar-refractivity contribution < 1.29 is 26.7 Å². The number of thioether (sulfide) groups is 1. The fourth-order valence-electron chi connectivity index (χ4n) is 2.49. The number of imidazole rings is 1. The minimum absolute atomic E-state index is 0.0459. The zero-order chi connectivity index (χ0) is 21.7. The van der Waals surface area contributed by atoms with E-state index in [0.29, 0.717) is 10.8 Å². The summed E-state index contributed by atoms with van der Waals surface area (Å²) in [6.07, 6.45) is 3.39. The number of sulfone groups is 1. The van der Waals surface area contributed by atoms with Crippen molar-refractivity contribution in [2.75, 3.05) is 18.2 Å². The van der Waals surface area contributed by atoms with E-state index in [1.54, 1.807) is 19.5 Å². The van der Waals surface area contributed by atoms with Gasteiger partial charge in [0.1, 0.15) is 5.75 Å². The lowest BCUT2D eigenvalue weighted by molar-refractivity contribution is -0.113. The normalized spacial score (nSPS) is 11.5. The topological polar surface area (TPSA) is 90.3 Å². The highest BCUT2D eigenvalue weighted by molar-refractivity contribution is 7.99. The number of aromatic nitrogens is 2. The summed E-state index contributed by atoms with van der Waals surface area (Å²) >= 11 is 1.21. The van der Waals surface area contributed by atoms with Gasteiger partial charge in [0.15, 0.2) is 5.16 Å². The molecule has 0 saturated heterocycles. The molecule has 0 unspecified atom stereocenters. The van der Waals surface area contributed by atoms with E-state index < -0.39 is 20.5 Å². The molecule has 0 aliphatic heterocycles. The highest BCUT2D eigenvalue weighted by Gasteiger charge is 2.26. The summed E-state index contributed by atoms with van der Waals surface area (Å²) in [4.78, 5) is 15.9. The number of benzene rings is 2. The molecule has 0 fully saturated rings. The molecule has 1 N–H and O–H groups in total. The Labute approximate surface area is 176 Å². The first-order valence-electron chi connectivity index (χ1n) is 8.54. The minimum Gasteiger partial charge on any atom is -0.497 e. The number of halogens is 2. The Morgan fingerprint density at radius 2 is 1.83 bits per heavy atom. The summed E-state index contributed by atoms with van der Waals surface area (Å²) in [6.45, 7) is 0. The van der Waals surface area contributed by atoms with Crippen molar-refractivity contribution in [1.82, 2.24) is 9.55 Å². The van der Waals surface area contributed by atoms with E-state index in [0.717, 1.165) is 23.6 Å². The number of alkyl halides is 2. The molecule has 0 bridgehead atoms. The van der Waals surface area contributed by atoms with Crippen LogP contribution in [-0.2, 0) is 14.6 Å². The molecule has 11 heteroatoms. The van der Waals surface area contributed by atoms with Gasteiger partial charge in [-0.05, 0) is 48.5 Å². The predicted molar refractivity (Wildman–Crippen MR) is 109 cm³/mol. The Hall–Kier alpha value is -2.92. The summed E-state index contributed by atoms with van der Waals surface area (Å²) in [5.74, 6) is -3.08. The van der Waals surface area contributed by atoms with Gasteiger partial charge in [0.25, 0.3) is 0 Å². The Kier molecular flexibility index (Phi) is 6.73. The van der Waals surface area contributed by atoms with E-state index >= 15 is 0 Å². The van der Waals surface area contributed by atoms with Crippen LogP contribution < -0.4 is 10.1 Å². The lowest BCUT2D eigenvalue weighted by atomic mass is 10.3.